The molecular weight excluding hydrogens is 184 g/mol. The molecule has 0 aliphatic carbocycles. The highest BCUT2D eigenvalue weighted by molar-refractivity contribution is 5.89. The van der Waals surface area contributed by atoms with E-state index in [-0.39, 0.29) is 5.56 Å². The molecule has 4 heteroatoms. The second-order valence-electron chi connectivity index (χ2n) is 2.75. The molecule has 0 amide bonds. The van der Waals surface area contributed by atoms with Crippen LogP contribution < -0.4 is 4.74 Å². The third-order valence-electron chi connectivity index (χ3n) is 1.92. The summed E-state index contributed by atoms with van der Waals surface area (Å²) >= 11 is 0. The summed E-state index contributed by atoms with van der Waals surface area (Å²) in [6, 6.07) is 4.63. The van der Waals surface area contributed by atoms with Crippen LogP contribution in [-0.2, 0) is 6.42 Å². The van der Waals surface area contributed by atoms with E-state index in [1.807, 2.05) is 6.92 Å². The molecule has 0 aliphatic rings. The zero-order valence-electron chi connectivity index (χ0n) is 7.86. The van der Waals surface area contributed by atoms with Gasteiger partial charge in [-0.2, -0.15) is 0 Å². The third-order valence-corrected chi connectivity index (χ3v) is 1.92. The number of benzene rings is 1. The van der Waals surface area contributed by atoms with Gasteiger partial charge in [-0.3, -0.25) is 0 Å². The van der Waals surface area contributed by atoms with E-state index in [4.69, 9.17) is 14.9 Å². The van der Waals surface area contributed by atoms with Gasteiger partial charge < -0.3 is 14.9 Å². The lowest BCUT2D eigenvalue weighted by Gasteiger charge is -2.07. The van der Waals surface area contributed by atoms with Crippen molar-refractivity contribution in [1.82, 2.24) is 0 Å². The molecule has 0 unspecified atom stereocenters. The summed E-state index contributed by atoms with van der Waals surface area (Å²) in [6.45, 7) is 1.46. The summed E-state index contributed by atoms with van der Waals surface area (Å²) in [5, 5.41) is 17.4. The largest absolute Gasteiger partial charge is 0.478 e. The summed E-state index contributed by atoms with van der Waals surface area (Å²) in [5.74, 6) is -0.466. The minimum atomic E-state index is -0.947. The Morgan fingerprint density at radius 2 is 2.21 bits per heavy atom. The number of aromatic carboxylic acids is 1. The summed E-state index contributed by atoms with van der Waals surface area (Å²) < 4.78 is 4.85. The van der Waals surface area contributed by atoms with E-state index in [0.29, 0.717) is 17.7 Å². The maximum absolute atomic E-state index is 10.8. The van der Waals surface area contributed by atoms with E-state index in [1.54, 1.807) is 6.07 Å². The van der Waals surface area contributed by atoms with Crippen molar-refractivity contribution in [3.63, 3.8) is 0 Å². The van der Waals surface area contributed by atoms with Crippen LogP contribution in [0.5, 0.6) is 5.75 Å². The molecule has 0 aliphatic heterocycles. The van der Waals surface area contributed by atoms with Crippen LogP contribution in [0.25, 0.3) is 0 Å². The first kappa shape index (κ1) is 10.5. The van der Waals surface area contributed by atoms with E-state index in [0.717, 1.165) is 0 Å². The zero-order chi connectivity index (χ0) is 10.6. The van der Waals surface area contributed by atoms with Crippen molar-refractivity contribution in [1.29, 1.82) is 0 Å². The highest BCUT2D eigenvalue weighted by Gasteiger charge is 2.09. The molecule has 0 fully saturated rings. The fourth-order valence-electron chi connectivity index (χ4n) is 1.24. The molecule has 1 aromatic rings. The molecule has 14 heavy (non-hydrogen) atoms. The highest BCUT2D eigenvalue weighted by Crippen LogP contribution is 2.18. The summed E-state index contributed by atoms with van der Waals surface area (Å²) in [7, 11) is 0. The molecule has 1 aromatic carbocycles. The standard InChI is InChI=1S/C10H12O4/c1-2-7-5-8(14-6-11)3-4-9(7)10(12)13/h3-5,11H,2,6H2,1H3,(H,12,13). The van der Waals surface area contributed by atoms with Crippen LogP contribution in [-0.4, -0.2) is 23.0 Å². The number of aliphatic hydroxyl groups is 1. The fourth-order valence-corrected chi connectivity index (χ4v) is 1.24. The van der Waals surface area contributed by atoms with Crippen LogP contribution in [0.2, 0.25) is 0 Å². The van der Waals surface area contributed by atoms with Gasteiger partial charge in [0.15, 0.2) is 6.79 Å². The summed E-state index contributed by atoms with van der Waals surface area (Å²) in [5.41, 5.74) is 0.973. The van der Waals surface area contributed by atoms with Crippen LogP contribution in [0.3, 0.4) is 0 Å². The second kappa shape index (κ2) is 4.62. The number of aliphatic hydroxyl groups excluding tert-OH is 1. The predicted molar refractivity (Wildman–Crippen MR) is 50.5 cm³/mol. The van der Waals surface area contributed by atoms with Crippen molar-refractivity contribution < 1.29 is 19.7 Å². The molecule has 0 bridgehead atoms. The minimum absolute atomic E-state index is 0.276. The van der Waals surface area contributed by atoms with Crippen molar-refractivity contribution in [3.8, 4) is 5.75 Å². The van der Waals surface area contributed by atoms with Crippen LogP contribution in [0.1, 0.15) is 22.8 Å². The Morgan fingerprint density at radius 1 is 1.50 bits per heavy atom. The van der Waals surface area contributed by atoms with E-state index < -0.39 is 12.8 Å². The van der Waals surface area contributed by atoms with Gasteiger partial charge in [0.05, 0.1) is 5.56 Å². The van der Waals surface area contributed by atoms with E-state index in [2.05, 4.69) is 0 Å². The van der Waals surface area contributed by atoms with Crippen LogP contribution >= 0.6 is 0 Å². The first-order valence-electron chi connectivity index (χ1n) is 4.29. The lowest BCUT2D eigenvalue weighted by molar-refractivity contribution is 0.0695. The van der Waals surface area contributed by atoms with Crippen molar-refractivity contribution >= 4 is 5.97 Å². The topological polar surface area (TPSA) is 66.8 Å². The normalized spacial score (nSPS) is 9.86. The van der Waals surface area contributed by atoms with Crippen LogP contribution in [0.15, 0.2) is 18.2 Å². The molecule has 0 heterocycles. The van der Waals surface area contributed by atoms with Gasteiger partial charge in [-0.25, -0.2) is 4.79 Å². The van der Waals surface area contributed by atoms with Crippen LogP contribution in [0.4, 0.5) is 0 Å². The van der Waals surface area contributed by atoms with Crippen molar-refractivity contribution in [2.24, 2.45) is 0 Å². The Balaban J connectivity index is 3.05. The lowest BCUT2D eigenvalue weighted by atomic mass is 10.1. The number of aryl methyl sites for hydroxylation is 1. The summed E-state index contributed by atoms with van der Waals surface area (Å²) in [4.78, 5) is 10.8. The lowest BCUT2D eigenvalue weighted by Crippen LogP contribution is -2.03. The number of hydrogen-bond donors (Lipinski definition) is 2. The molecule has 0 saturated heterocycles. The highest BCUT2D eigenvalue weighted by atomic mass is 16.6. The van der Waals surface area contributed by atoms with E-state index in [9.17, 15) is 4.79 Å². The Labute approximate surface area is 81.8 Å². The van der Waals surface area contributed by atoms with Gasteiger partial charge >= 0.3 is 5.97 Å². The quantitative estimate of drug-likeness (QED) is 0.712. The number of carboxylic acids is 1. The Hall–Kier alpha value is -1.55. The number of hydrogen-bond acceptors (Lipinski definition) is 3. The average Bonchev–Trinajstić information content (AvgIpc) is 2.17. The molecule has 0 spiro atoms. The number of ether oxygens (including phenoxy) is 1. The van der Waals surface area contributed by atoms with Crippen molar-refractivity contribution in [2.45, 2.75) is 13.3 Å². The first-order valence-corrected chi connectivity index (χ1v) is 4.29. The smallest absolute Gasteiger partial charge is 0.335 e. The van der Waals surface area contributed by atoms with Gasteiger partial charge in [0.1, 0.15) is 5.75 Å². The SMILES string of the molecule is CCc1cc(OCO)ccc1C(=O)O. The number of carboxylic acid groups (broad SMARTS) is 1. The molecule has 0 saturated carbocycles. The average molecular weight is 196 g/mol. The molecule has 2 N–H and O–H groups in total. The minimum Gasteiger partial charge on any atom is -0.478 e. The predicted octanol–water partition coefficient (Wildman–Crippen LogP) is 1.28. The molecule has 0 atom stereocenters. The Kier molecular flexibility index (Phi) is 3.48. The Morgan fingerprint density at radius 3 is 2.71 bits per heavy atom. The first-order chi connectivity index (χ1) is 6.69. The van der Waals surface area contributed by atoms with E-state index >= 15 is 0 Å². The maximum Gasteiger partial charge on any atom is 0.335 e. The van der Waals surface area contributed by atoms with Gasteiger partial charge in [-0.05, 0) is 30.2 Å². The summed E-state index contributed by atoms with van der Waals surface area (Å²) in [6.07, 6.45) is 0.615. The molecule has 1 rings (SSSR count). The van der Waals surface area contributed by atoms with Gasteiger partial charge in [0.25, 0.3) is 0 Å². The monoisotopic (exact) mass is 196 g/mol. The van der Waals surface area contributed by atoms with Gasteiger partial charge in [0.2, 0.25) is 0 Å². The van der Waals surface area contributed by atoms with Gasteiger partial charge in [-0.15, -0.1) is 0 Å². The zero-order valence-corrected chi connectivity index (χ0v) is 7.86. The molecule has 0 aromatic heterocycles. The molecular formula is C10H12O4. The van der Waals surface area contributed by atoms with Gasteiger partial charge in [-0.1, -0.05) is 6.92 Å². The maximum atomic E-state index is 10.8. The number of carbonyl (C=O) groups is 1. The number of rotatable bonds is 4. The fraction of sp³-hybridized carbons (Fsp3) is 0.300. The van der Waals surface area contributed by atoms with E-state index in [1.165, 1.54) is 12.1 Å². The van der Waals surface area contributed by atoms with Crippen molar-refractivity contribution in [3.05, 3.63) is 29.3 Å². The molecule has 0 radical (unpaired) electrons. The van der Waals surface area contributed by atoms with Crippen LogP contribution in [0, 0.1) is 0 Å². The Bertz CT molecular complexity index is 333. The third kappa shape index (κ3) is 2.23. The molecule has 4 nitrogen and oxygen atoms in total. The second-order valence-corrected chi connectivity index (χ2v) is 2.75. The molecule has 76 valence electrons. The van der Waals surface area contributed by atoms with Crippen molar-refractivity contribution in [2.75, 3.05) is 6.79 Å². The van der Waals surface area contributed by atoms with Gasteiger partial charge in [0, 0.05) is 0 Å².